The van der Waals surface area contributed by atoms with Crippen LogP contribution in [-0.2, 0) is 13.4 Å². The molecule has 84 valence electrons. The molecular weight excluding hydrogens is 248 g/mol. The third-order valence-electron chi connectivity index (χ3n) is 1.06. The first-order valence-corrected chi connectivity index (χ1v) is 6.51. The molecule has 1 aromatic heterocycles. The predicted octanol–water partition coefficient (Wildman–Crippen LogP) is 0.670. The van der Waals surface area contributed by atoms with Gasteiger partial charge in [0, 0.05) is 12.3 Å². The minimum absolute atomic E-state index is 0.281. The summed E-state index contributed by atoms with van der Waals surface area (Å²) < 4.78 is 29.1. The highest BCUT2D eigenvalue weighted by atomic mass is 31.3. The summed E-state index contributed by atoms with van der Waals surface area (Å²) in [6.45, 7) is 0. The molecule has 1 heterocycles. The molecule has 0 spiro atoms. The van der Waals surface area contributed by atoms with Crippen molar-refractivity contribution in [1.82, 2.24) is 4.98 Å². The molecule has 1 rings (SSSR count). The van der Waals surface area contributed by atoms with Crippen molar-refractivity contribution in [3.05, 3.63) is 24.4 Å². The Labute approximate surface area is 84.4 Å². The van der Waals surface area contributed by atoms with Gasteiger partial charge in [-0.2, -0.15) is 4.31 Å². The van der Waals surface area contributed by atoms with E-state index in [1.807, 2.05) is 0 Å². The van der Waals surface area contributed by atoms with Crippen molar-refractivity contribution >= 4 is 15.6 Å². The van der Waals surface area contributed by atoms with Gasteiger partial charge in [0.15, 0.2) is 0 Å². The van der Waals surface area contributed by atoms with Gasteiger partial charge < -0.3 is 14.3 Å². The highest BCUT2D eigenvalue weighted by Gasteiger charge is 2.34. The molecule has 10 heteroatoms. The second kappa shape index (κ2) is 4.40. The van der Waals surface area contributed by atoms with Crippen LogP contribution in [0.3, 0.4) is 0 Å². The molecular formula is C5H7NO7P2. The number of phosphoric acid groups is 2. The molecule has 0 radical (unpaired) electrons. The van der Waals surface area contributed by atoms with Gasteiger partial charge in [0.25, 0.3) is 0 Å². The zero-order valence-corrected chi connectivity index (χ0v) is 8.91. The van der Waals surface area contributed by atoms with E-state index in [1.165, 1.54) is 24.4 Å². The molecule has 1 atom stereocenters. The lowest BCUT2D eigenvalue weighted by Gasteiger charge is -2.11. The minimum Gasteiger partial charge on any atom is -0.385 e. The first-order valence-electron chi connectivity index (χ1n) is 3.49. The number of pyridine rings is 1. The maximum absolute atomic E-state index is 11.0. The lowest BCUT2D eigenvalue weighted by Crippen LogP contribution is -1.96. The molecule has 3 N–H and O–H groups in total. The molecule has 0 saturated carbocycles. The van der Waals surface area contributed by atoms with Crippen LogP contribution in [0.5, 0.6) is 5.88 Å². The van der Waals surface area contributed by atoms with Gasteiger partial charge in [-0.3, -0.25) is 4.89 Å². The molecule has 0 aliphatic rings. The Morgan fingerprint density at radius 3 is 2.33 bits per heavy atom. The van der Waals surface area contributed by atoms with E-state index in [1.54, 1.807) is 0 Å². The van der Waals surface area contributed by atoms with Crippen LogP contribution in [0.25, 0.3) is 0 Å². The fraction of sp³-hybridized carbons (Fsp3) is 0. The van der Waals surface area contributed by atoms with Crippen LogP contribution < -0.4 is 4.52 Å². The largest absolute Gasteiger partial charge is 0.537 e. The number of aromatic nitrogens is 1. The summed E-state index contributed by atoms with van der Waals surface area (Å²) in [7, 11) is -9.95. The molecule has 15 heavy (non-hydrogen) atoms. The first kappa shape index (κ1) is 12.3. The van der Waals surface area contributed by atoms with Crippen LogP contribution in [0.2, 0.25) is 0 Å². The summed E-state index contributed by atoms with van der Waals surface area (Å²) in [6, 6.07) is 4.21. The number of hydrogen-bond acceptors (Lipinski definition) is 5. The van der Waals surface area contributed by atoms with Crippen molar-refractivity contribution in [1.29, 1.82) is 0 Å². The van der Waals surface area contributed by atoms with Crippen LogP contribution in [-0.4, -0.2) is 19.7 Å². The summed E-state index contributed by atoms with van der Waals surface area (Å²) in [6.07, 6.45) is 1.27. The van der Waals surface area contributed by atoms with Crippen molar-refractivity contribution in [2.45, 2.75) is 0 Å². The molecule has 0 aromatic carbocycles. The van der Waals surface area contributed by atoms with Crippen LogP contribution in [0.4, 0.5) is 0 Å². The van der Waals surface area contributed by atoms with Crippen molar-refractivity contribution in [2.24, 2.45) is 0 Å². The standard InChI is InChI=1S/C5H7NO7P2/c7-14(8,9)13-15(10,11)12-5-3-1-2-4-6-5/h1-4H,(H,10,11)(H2,7,8,9). The molecule has 0 aliphatic carbocycles. The third kappa shape index (κ3) is 5.03. The Morgan fingerprint density at radius 1 is 1.20 bits per heavy atom. The average molecular weight is 255 g/mol. The van der Waals surface area contributed by atoms with E-state index in [0.29, 0.717) is 0 Å². The fourth-order valence-electron chi connectivity index (χ4n) is 0.670. The highest BCUT2D eigenvalue weighted by molar-refractivity contribution is 7.60. The van der Waals surface area contributed by atoms with E-state index < -0.39 is 15.6 Å². The van der Waals surface area contributed by atoms with Gasteiger partial charge in [-0.05, 0) is 6.07 Å². The molecule has 1 unspecified atom stereocenters. The topological polar surface area (TPSA) is 126 Å². The maximum atomic E-state index is 11.0. The van der Waals surface area contributed by atoms with Crippen molar-refractivity contribution in [3.63, 3.8) is 0 Å². The minimum atomic E-state index is -5.09. The summed E-state index contributed by atoms with van der Waals surface area (Å²) in [5.41, 5.74) is 0. The van der Waals surface area contributed by atoms with Gasteiger partial charge in [-0.25, -0.2) is 14.1 Å². The van der Waals surface area contributed by atoms with Crippen LogP contribution in [0, 0.1) is 0 Å². The van der Waals surface area contributed by atoms with Crippen LogP contribution >= 0.6 is 15.6 Å². The summed E-state index contributed by atoms with van der Waals surface area (Å²) in [5.74, 6) is -0.281. The zero-order chi connectivity index (χ0) is 11.5. The SMILES string of the molecule is O=P(O)(O)OP(=O)(O)Oc1ccccn1. The normalized spacial score (nSPS) is 15.7. The van der Waals surface area contributed by atoms with E-state index in [4.69, 9.17) is 14.7 Å². The van der Waals surface area contributed by atoms with E-state index in [2.05, 4.69) is 13.8 Å². The molecule has 0 fully saturated rings. The van der Waals surface area contributed by atoms with E-state index >= 15 is 0 Å². The van der Waals surface area contributed by atoms with Gasteiger partial charge in [0.05, 0.1) is 0 Å². The second-order valence-corrected chi connectivity index (χ2v) is 5.05. The number of nitrogens with zero attached hydrogens (tertiary/aromatic N) is 1. The number of hydrogen-bond donors (Lipinski definition) is 3. The maximum Gasteiger partial charge on any atom is 0.537 e. The molecule has 1 aromatic rings. The fourth-order valence-corrected chi connectivity index (χ4v) is 2.22. The smallest absolute Gasteiger partial charge is 0.385 e. The zero-order valence-electron chi connectivity index (χ0n) is 7.13. The first-order chi connectivity index (χ1) is 6.79. The van der Waals surface area contributed by atoms with Gasteiger partial charge in [0.1, 0.15) is 0 Å². The molecule has 8 nitrogen and oxygen atoms in total. The summed E-state index contributed by atoms with van der Waals surface area (Å²) in [4.78, 5) is 29.0. The Kier molecular flexibility index (Phi) is 3.62. The third-order valence-corrected chi connectivity index (χ3v) is 3.15. The van der Waals surface area contributed by atoms with Crippen LogP contribution in [0.15, 0.2) is 24.4 Å². The lowest BCUT2D eigenvalue weighted by atomic mass is 10.5. The van der Waals surface area contributed by atoms with Gasteiger partial charge in [-0.15, -0.1) is 0 Å². The molecule has 0 amide bonds. The van der Waals surface area contributed by atoms with Gasteiger partial charge in [-0.1, -0.05) is 6.07 Å². The summed E-state index contributed by atoms with van der Waals surface area (Å²) >= 11 is 0. The lowest BCUT2D eigenvalue weighted by molar-refractivity contribution is 0.228. The monoisotopic (exact) mass is 255 g/mol. The molecule has 0 aliphatic heterocycles. The van der Waals surface area contributed by atoms with E-state index in [9.17, 15) is 9.13 Å². The highest BCUT2D eigenvalue weighted by Crippen LogP contribution is 2.56. The second-order valence-electron chi connectivity index (χ2n) is 2.30. The number of rotatable bonds is 4. The van der Waals surface area contributed by atoms with Crippen molar-refractivity contribution in [3.8, 4) is 5.88 Å². The van der Waals surface area contributed by atoms with Crippen molar-refractivity contribution < 1.29 is 32.6 Å². The summed E-state index contributed by atoms with van der Waals surface area (Å²) in [5, 5.41) is 0. The van der Waals surface area contributed by atoms with Gasteiger partial charge >= 0.3 is 15.6 Å². The van der Waals surface area contributed by atoms with Crippen LogP contribution in [0.1, 0.15) is 0 Å². The molecule has 0 saturated heterocycles. The molecule has 0 bridgehead atoms. The van der Waals surface area contributed by atoms with E-state index in [0.717, 1.165) is 0 Å². The number of phosphoric ester groups is 1. The average Bonchev–Trinajstić information content (AvgIpc) is 1.99. The van der Waals surface area contributed by atoms with E-state index in [-0.39, 0.29) is 5.88 Å². The Bertz CT molecular complexity index is 415. The Balaban J connectivity index is 2.74. The predicted molar refractivity (Wildman–Crippen MR) is 47.8 cm³/mol. The quantitative estimate of drug-likeness (QED) is 0.670. The van der Waals surface area contributed by atoms with Crippen molar-refractivity contribution in [2.75, 3.05) is 0 Å². The Hall–Kier alpha value is -0.750. The Morgan fingerprint density at radius 2 is 1.87 bits per heavy atom. The van der Waals surface area contributed by atoms with Gasteiger partial charge in [0.2, 0.25) is 5.88 Å².